The molecule has 0 heterocycles. The van der Waals surface area contributed by atoms with E-state index in [1.807, 2.05) is 6.08 Å². The van der Waals surface area contributed by atoms with Crippen LogP contribution in [0.5, 0.6) is 0 Å². The van der Waals surface area contributed by atoms with E-state index in [-0.39, 0.29) is 6.61 Å². The van der Waals surface area contributed by atoms with Crippen molar-refractivity contribution in [1.29, 1.82) is 0 Å². The molecule has 0 aromatic heterocycles. The van der Waals surface area contributed by atoms with Crippen LogP contribution >= 0.6 is 0 Å². The van der Waals surface area contributed by atoms with Crippen molar-refractivity contribution in [2.45, 2.75) is 244 Å². The first kappa shape index (κ1) is 51.3. The zero-order valence-electron chi connectivity index (χ0n) is 35.1. The number of aliphatic hydroxyl groups excluding tert-OH is 3. The zero-order chi connectivity index (χ0) is 38.7. The van der Waals surface area contributed by atoms with Gasteiger partial charge in [0.2, 0.25) is 5.91 Å². The molecule has 1 amide bonds. The molecule has 0 saturated carbocycles. The minimum atomic E-state index is -1.11. The van der Waals surface area contributed by atoms with E-state index in [1.54, 1.807) is 6.08 Å². The second-order valence-electron chi connectivity index (χ2n) is 15.6. The molecule has 0 radical (unpaired) electrons. The van der Waals surface area contributed by atoms with E-state index in [0.29, 0.717) is 6.42 Å². The number of hydrogen-bond donors (Lipinski definition) is 4. The van der Waals surface area contributed by atoms with Crippen molar-refractivity contribution in [2.75, 3.05) is 6.61 Å². The molecule has 310 valence electrons. The molecule has 3 unspecified atom stereocenters. The Kier molecular flexibility index (Phi) is 41.7. The molecule has 3 atom stereocenters. The minimum Gasteiger partial charge on any atom is -0.394 e. The zero-order valence-corrected chi connectivity index (χ0v) is 35.1. The first-order chi connectivity index (χ1) is 26.1. The van der Waals surface area contributed by atoms with Crippen LogP contribution in [0.4, 0.5) is 0 Å². The third-order valence-electron chi connectivity index (χ3n) is 10.4. The Bertz CT molecular complexity index is 866. The van der Waals surface area contributed by atoms with Gasteiger partial charge in [0, 0.05) is 0 Å². The summed E-state index contributed by atoms with van der Waals surface area (Å²) in [6.07, 6.45) is 55.9. The summed E-state index contributed by atoms with van der Waals surface area (Å²) >= 11 is 0. The van der Waals surface area contributed by atoms with Crippen LogP contribution in [0.25, 0.3) is 0 Å². The lowest BCUT2D eigenvalue weighted by Crippen LogP contribution is -2.48. The second kappa shape index (κ2) is 43.0. The first-order valence-electron chi connectivity index (χ1n) is 23.0. The monoisotopic (exact) mass is 744 g/mol. The molecule has 0 saturated heterocycles. The van der Waals surface area contributed by atoms with Crippen molar-refractivity contribution < 1.29 is 20.1 Å². The highest BCUT2D eigenvalue weighted by Gasteiger charge is 2.22. The van der Waals surface area contributed by atoms with Gasteiger partial charge in [0.25, 0.3) is 0 Å². The average molecular weight is 744 g/mol. The van der Waals surface area contributed by atoms with Gasteiger partial charge in [-0.05, 0) is 64.2 Å². The Morgan fingerprint density at radius 1 is 0.453 bits per heavy atom. The maximum absolute atomic E-state index is 12.4. The SMILES string of the molecule is CCCC/C=C/CC/C=C/CC/C=C/C(O)C(CO)NC(=O)C(O)CCCCCCCCCCCCC/C=C\CCCCCCCCCCCCCC. The molecule has 4 N–H and O–H groups in total. The summed E-state index contributed by atoms with van der Waals surface area (Å²) in [6.45, 7) is 4.12. The van der Waals surface area contributed by atoms with Gasteiger partial charge in [-0.1, -0.05) is 210 Å². The van der Waals surface area contributed by atoms with Gasteiger partial charge in [-0.2, -0.15) is 0 Å². The Labute approximate surface area is 329 Å². The van der Waals surface area contributed by atoms with E-state index in [9.17, 15) is 20.1 Å². The molecule has 0 spiro atoms. The summed E-state index contributed by atoms with van der Waals surface area (Å²) in [5.41, 5.74) is 0. The number of rotatable bonds is 41. The van der Waals surface area contributed by atoms with Gasteiger partial charge >= 0.3 is 0 Å². The van der Waals surface area contributed by atoms with E-state index in [2.05, 4.69) is 55.6 Å². The highest BCUT2D eigenvalue weighted by atomic mass is 16.3. The van der Waals surface area contributed by atoms with Crippen molar-refractivity contribution in [1.82, 2.24) is 5.32 Å². The fourth-order valence-corrected chi connectivity index (χ4v) is 6.73. The van der Waals surface area contributed by atoms with Crippen LogP contribution in [0, 0.1) is 0 Å². The lowest BCUT2D eigenvalue weighted by atomic mass is 10.0. The molecule has 5 nitrogen and oxygen atoms in total. The Hall–Kier alpha value is -1.69. The second-order valence-corrected chi connectivity index (χ2v) is 15.6. The van der Waals surface area contributed by atoms with Gasteiger partial charge in [0.1, 0.15) is 6.10 Å². The fraction of sp³-hybridized carbons (Fsp3) is 0.812. The quantitative estimate of drug-likeness (QED) is 0.0371. The standard InChI is InChI=1S/C48H89NO4/c1-3-5-7-9-11-13-15-17-18-19-20-21-22-23-24-25-26-27-28-29-30-31-33-35-37-39-41-43-47(52)48(53)49-45(44-50)46(51)42-40-38-36-34-32-16-14-12-10-8-6-4-2/h10,12,23-24,32,34,40,42,45-47,50-52H,3-9,11,13-22,25-31,33,35-39,41,43-44H2,1-2H3,(H,49,53)/b12-10+,24-23-,34-32+,42-40+. The number of amides is 1. The summed E-state index contributed by atoms with van der Waals surface area (Å²) in [4.78, 5) is 12.4. The number of carbonyl (C=O) groups excluding carboxylic acids is 1. The van der Waals surface area contributed by atoms with Crippen molar-refractivity contribution in [3.8, 4) is 0 Å². The van der Waals surface area contributed by atoms with Crippen LogP contribution in [0.3, 0.4) is 0 Å². The number of allylic oxidation sites excluding steroid dienone is 7. The van der Waals surface area contributed by atoms with Crippen LogP contribution < -0.4 is 5.32 Å². The maximum Gasteiger partial charge on any atom is 0.249 e. The number of hydrogen-bond acceptors (Lipinski definition) is 4. The maximum atomic E-state index is 12.4. The highest BCUT2D eigenvalue weighted by Crippen LogP contribution is 2.15. The number of nitrogens with one attached hydrogen (secondary N) is 1. The van der Waals surface area contributed by atoms with Crippen molar-refractivity contribution in [3.05, 3.63) is 48.6 Å². The molecule has 0 fully saturated rings. The molecule has 0 aliphatic heterocycles. The molecule has 0 rings (SSSR count). The largest absolute Gasteiger partial charge is 0.394 e. The molecule has 5 heteroatoms. The van der Waals surface area contributed by atoms with Gasteiger partial charge in [-0.15, -0.1) is 0 Å². The van der Waals surface area contributed by atoms with E-state index < -0.39 is 24.2 Å². The predicted molar refractivity (Wildman–Crippen MR) is 231 cm³/mol. The van der Waals surface area contributed by atoms with Crippen molar-refractivity contribution in [2.24, 2.45) is 0 Å². The Morgan fingerprint density at radius 3 is 1.21 bits per heavy atom. The fourth-order valence-electron chi connectivity index (χ4n) is 6.73. The summed E-state index contributed by atoms with van der Waals surface area (Å²) in [5.74, 6) is -0.519. The van der Waals surface area contributed by atoms with E-state index in [1.165, 1.54) is 161 Å². The van der Waals surface area contributed by atoms with Crippen LogP contribution in [0.2, 0.25) is 0 Å². The normalized spacial score (nSPS) is 14.0. The first-order valence-corrected chi connectivity index (χ1v) is 23.0. The topological polar surface area (TPSA) is 89.8 Å². The summed E-state index contributed by atoms with van der Waals surface area (Å²) < 4.78 is 0. The van der Waals surface area contributed by atoms with Gasteiger partial charge in [0.15, 0.2) is 0 Å². The van der Waals surface area contributed by atoms with E-state index in [0.717, 1.165) is 44.9 Å². The highest BCUT2D eigenvalue weighted by molar-refractivity contribution is 5.80. The van der Waals surface area contributed by atoms with Crippen molar-refractivity contribution in [3.63, 3.8) is 0 Å². The minimum absolute atomic E-state index is 0.382. The molecular formula is C48H89NO4. The van der Waals surface area contributed by atoms with Crippen LogP contribution in [0.1, 0.15) is 226 Å². The summed E-state index contributed by atoms with van der Waals surface area (Å²) in [5, 5.41) is 33.0. The molecular weight excluding hydrogens is 655 g/mol. The van der Waals surface area contributed by atoms with Crippen molar-refractivity contribution >= 4 is 5.91 Å². The summed E-state index contributed by atoms with van der Waals surface area (Å²) in [7, 11) is 0. The molecule has 53 heavy (non-hydrogen) atoms. The molecule has 0 bridgehead atoms. The third kappa shape index (κ3) is 38.4. The molecule has 0 aliphatic rings. The Morgan fingerprint density at radius 2 is 0.792 bits per heavy atom. The predicted octanol–water partition coefficient (Wildman–Crippen LogP) is 13.3. The van der Waals surface area contributed by atoms with Crippen LogP contribution in [-0.4, -0.2) is 46.1 Å². The molecule has 0 aliphatic carbocycles. The molecule has 0 aromatic carbocycles. The third-order valence-corrected chi connectivity index (χ3v) is 10.4. The smallest absolute Gasteiger partial charge is 0.249 e. The molecule has 0 aromatic rings. The van der Waals surface area contributed by atoms with Gasteiger partial charge < -0.3 is 20.6 Å². The van der Waals surface area contributed by atoms with E-state index in [4.69, 9.17) is 0 Å². The number of aliphatic hydroxyl groups is 3. The van der Waals surface area contributed by atoms with Crippen LogP contribution in [-0.2, 0) is 4.79 Å². The Balaban J connectivity index is 3.61. The van der Waals surface area contributed by atoms with Gasteiger partial charge in [-0.3, -0.25) is 4.79 Å². The lowest BCUT2D eigenvalue weighted by Gasteiger charge is -2.21. The van der Waals surface area contributed by atoms with Gasteiger partial charge in [0.05, 0.1) is 18.8 Å². The number of unbranched alkanes of at least 4 members (excludes halogenated alkanes) is 27. The van der Waals surface area contributed by atoms with Gasteiger partial charge in [-0.25, -0.2) is 0 Å². The summed E-state index contributed by atoms with van der Waals surface area (Å²) in [6, 6.07) is -0.820. The van der Waals surface area contributed by atoms with Crippen LogP contribution in [0.15, 0.2) is 48.6 Å². The van der Waals surface area contributed by atoms with E-state index >= 15 is 0 Å². The lowest BCUT2D eigenvalue weighted by molar-refractivity contribution is -0.131. The average Bonchev–Trinajstić information content (AvgIpc) is 3.16. The number of carbonyl (C=O) groups is 1.